The molecule has 2 atom stereocenters. The standard InChI is InChI=1S/C6H14IN2/c1-6-5-8-3-4-9(6,2)7/h6,8H,3-5H2,1-2H3/q+1. The molecule has 0 bridgehead atoms. The van der Waals surface area contributed by atoms with E-state index >= 15 is 0 Å². The Bertz CT molecular complexity index is 103. The first-order valence-corrected chi connectivity index (χ1v) is 4.35. The third-order valence-electron chi connectivity index (χ3n) is 2.08. The van der Waals surface area contributed by atoms with Crippen molar-refractivity contribution in [1.29, 1.82) is 0 Å². The van der Waals surface area contributed by atoms with E-state index in [2.05, 4.69) is 42.2 Å². The molecule has 1 rings (SSSR count). The zero-order chi connectivity index (χ0) is 6.91. The summed E-state index contributed by atoms with van der Waals surface area (Å²) in [6, 6.07) is 0.763. The van der Waals surface area contributed by atoms with E-state index in [0.29, 0.717) is 0 Å². The minimum absolute atomic E-state index is 0.763. The molecular weight excluding hydrogens is 227 g/mol. The van der Waals surface area contributed by atoms with Gasteiger partial charge in [0.2, 0.25) is 22.9 Å². The molecule has 3 heteroatoms. The zero-order valence-electron chi connectivity index (χ0n) is 6.02. The Morgan fingerprint density at radius 1 is 1.67 bits per heavy atom. The number of nitrogens with one attached hydrogen (secondary N) is 1. The van der Waals surface area contributed by atoms with Crippen molar-refractivity contribution in [3.63, 3.8) is 0 Å². The van der Waals surface area contributed by atoms with Crippen LogP contribution in [0, 0.1) is 0 Å². The van der Waals surface area contributed by atoms with E-state index in [4.69, 9.17) is 0 Å². The monoisotopic (exact) mass is 241 g/mol. The lowest BCUT2D eigenvalue weighted by Crippen LogP contribution is -2.55. The Hall–Kier alpha value is 0.650. The number of quaternary nitrogens is 1. The Morgan fingerprint density at radius 3 is 2.67 bits per heavy atom. The topological polar surface area (TPSA) is 12.0 Å². The van der Waals surface area contributed by atoms with E-state index in [1.54, 1.807) is 0 Å². The Morgan fingerprint density at radius 2 is 2.33 bits per heavy atom. The third-order valence-corrected chi connectivity index (χ3v) is 3.52. The van der Waals surface area contributed by atoms with Gasteiger partial charge in [0.05, 0.1) is 13.6 Å². The third kappa shape index (κ3) is 1.78. The van der Waals surface area contributed by atoms with Gasteiger partial charge < -0.3 is 5.32 Å². The molecule has 0 spiro atoms. The normalized spacial score (nSPS) is 45.0. The van der Waals surface area contributed by atoms with Crippen molar-refractivity contribution < 1.29 is 2.70 Å². The minimum Gasteiger partial charge on any atom is -0.306 e. The van der Waals surface area contributed by atoms with Crippen LogP contribution in [0.4, 0.5) is 0 Å². The largest absolute Gasteiger partial charge is 0.306 e. The van der Waals surface area contributed by atoms with Gasteiger partial charge in [0, 0.05) is 13.1 Å². The summed E-state index contributed by atoms with van der Waals surface area (Å²) in [5, 5.41) is 3.37. The van der Waals surface area contributed by atoms with Gasteiger partial charge in [-0.05, 0) is 6.92 Å². The highest BCUT2D eigenvalue weighted by molar-refractivity contribution is 14.1. The summed E-state index contributed by atoms with van der Waals surface area (Å²) < 4.78 is 1.14. The highest BCUT2D eigenvalue weighted by atomic mass is 127. The number of nitrogens with zero attached hydrogens (tertiary/aromatic N) is 1. The summed E-state index contributed by atoms with van der Waals surface area (Å²) in [6.45, 7) is 5.88. The van der Waals surface area contributed by atoms with Crippen LogP contribution in [-0.2, 0) is 0 Å². The van der Waals surface area contributed by atoms with Gasteiger partial charge in [0.25, 0.3) is 0 Å². The first-order valence-electron chi connectivity index (χ1n) is 3.38. The lowest BCUT2D eigenvalue weighted by molar-refractivity contribution is -0.760. The molecule has 1 aliphatic rings. The van der Waals surface area contributed by atoms with Crippen LogP contribution in [0.2, 0.25) is 0 Å². The van der Waals surface area contributed by atoms with Crippen molar-refractivity contribution in [2.45, 2.75) is 13.0 Å². The zero-order valence-corrected chi connectivity index (χ0v) is 8.18. The molecule has 2 unspecified atom stereocenters. The SMILES string of the molecule is CC1CNCC[N+]1(C)I. The summed E-state index contributed by atoms with van der Waals surface area (Å²) in [5.41, 5.74) is 0. The summed E-state index contributed by atoms with van der Waals surface area (Å²) in [6.07, 6.45) is 0. The number of halogens is 1. The summed E-state index contributed by atoms with van der Waals surface area (Å²) in [5.74, 6) is 0. The maximum Gasteiger partial charge on any atom is 0.248 e. The van der Waals surface area contributed by atoms with Gasteiger partial charge in [0.15, 0.2) is 0 Å². The molecule has 1 fully saturated rings. The molecule has 1 heterocycles. The fraction of sp³-hybridized carbons (Fsp3) is 1.00. The van der Waals surface area contributed by atoms with E-state index in [-0.39, 0.29) is 0 Å². The molecule has 1 aliphatic heterocycles. The van der Waals surface area contributed by atoms with Crippen LogP contribution in [-0.4, -0.2) is 35.4 Å². The van der Waals surface area contributed by atoms with Gasteiger partial charge >= 0.3 is 0 Å². The van der Waals surface area contributed by atoms with E-state index in [1.807, 2.05) is 0 Å². The number of piperazine rings is 1. The van der Waals surface area contributed by atoms with Crippen molar-refractivity contribution in [2.75, 3.05) is 26.7 Å². The highest BCUT2D eigenvalue weighted by Gasteiger charge is 2.29. The minimum atomic E-state index is 0.763. The van der Waals surface area contributed by atoms with Crippen LogP contribution < -0.4 is 5.32 Å². The van der Waals surface area contributed by atoms with Gasteiger partial charge in [0.1, 0.15) is 6.04 Å². The summed E-state index contributed by atoms with van der Waals surface area (Å²) in [4.78, 5) is 0. The summed E-state index contributed by atoms with van der Waals surface area (Å²) >= 11 is 2.51. The first kappa shape index (κ1) is 7.75. The van der Waals surface area contributed by atoms with E-state index in [1.165, 1.54) is 19.6 Å². The van der Waals surface area contributed by atoms with Gasteiger partial charge in [-0.1, -0.05) is 0 Å². The summed E-state index contributed by atoms with van der Waals surface area (Å²) in [7, 11) is 2.28. The van der Waals surface area contributed by atoms with Gasteiger partial charge in [-0.25, -0.2) is 0 Å². The maximum absolute atomic E-state index is 3.37. The maximum atomic E-state index is 3.37. The fourth-order valence-corrected chi connectivity index (χ4v) is 1.46. The second-order valence-corrected chi connectivity index (χ2v) is 5.12. The highest BCUT2D eigenvalue weighted by Crippen LogP contribution is 2.18. The van der Waals surface area contributed by atoms with Gasteiger partial charge in [-0.15, -0.1) is 0 Å². The van der Waals surface area contributed by atoms with Crippen molar-refractivity contribution in [3.05, 3.63) is 0 Å². The number of hydrogen-bond acceptors (Lipinski definition) is 1. The van der Waals surface area contributed by atoms with Crippen LogP contribution in [0.15, 0.2) is 0 Å². The fourth-order valence-electron chi connectivity index (χ4n) is 1.02. The van der Waals surface area contributed by atoms with Crippen molar-refractivity contribution in [3.8, 4) is 0 Å². The predicted octanol–water partition coefficient (Wildman–Crippen LogP) is 0.775. The molecule has 0 radical (unpaired) electrons. The first-order chi connectivity index (χ1) is 4.13. The lowest BCUT2D eigenvalue weighted by Gasteiger charge is -2.36. The van der Waals surface area contributed by atoms with E-state index in [0.717, 1.165) is 8.74 Å². The Labute approximate surface area is 70.7 Å². The van der Waals surface area contributed by atoms with Crippen LogP contribution in [0.25, 0.3) is 0 Å². The molecule has 2 nitrogen and oxygen atoms in total. The van der Waals surface area contributed by atoms with Crippen molar-refractivity contribution in [1.82, 2.24) is 5.32 Å². The number of likely N-dealkylation sites (N-methyl/N-ethyl adjacent to an activating group) is 1. The number of rotatable bonds is 0. The molecule has 54 valence electrons. The van der Waals surface area contributed by atoms with Crippen LogP contribution in [0.1, 0.15) is 6.92 Å². The van der Waals surface area contributed by atoms with Crippen molar-refractivity contribution >= 4 is 22.9 Å². The molecule has 9 heavy (non-hydrogen) atoms. The molecule has 0 aromatic carbocycles. The molecule has 0 aliphatic carbocycles. The second-order valence-electron chi connectivity index (χ2n) is 2.92. The average Bonchev–Trinajstić information content (AvgIpc) is 1.77. The predicted molar refractivity (Wildman–Crippen MR) is 47.4 cm³/mol. The van der Waals surface area contributed by atoms with Gasteiger partial charge in [-0.3, -0.25) is 2.70 Å². The molecule has 1 N–H and O–H groups in total. The van der Waals surface area contributed by atoms with Crippen LogP contribution in [0.5, 0.6) is 0 Å². The van der Waals surface area contributed by atoms with Crippen molar-refractivity contribution in [2.24, 2.45) is 0 Å². The lowest BCUT2D eigenvalue weighted by atomic mass is 10.2. The molecule has 0 aromatic rings. The van der Waals surface area contributed by atoms with Gasteiger partial charge in [-0.2, -0.15) is 0 Å². The molecule has 0 aromatic heterocycles. The molecule has 0 saturated carbocycles. The average molecular weight is 241 g/mol. The van der Waals surface area contributed by atoms with E-state index in [9.17, 15) is 0 Å². The van der Waals surface area contributed by atoms with E-state index < -0.39 is 0 Å². The Kier molecular flexibility index (Phi) is 2.34. The van der Waals surface area contributed by atoms with Crippen LogP contribution >= 0.6 is 22.9 Å². The Balaban J connectivity index is 2.49. The smallest absolute Gasteiger partial charge is 0.248 e. The van der Waals surface area contributed by atoms with Crippen LogP contribution in [0.3, 0.4) is 0 Å². The molecule has 1 saturated heterocycles. The molecule has 0 amide bonds. The second kappa shape index (κ2) is 2.72. The quantitative estimate of drug-likeness (QED) is 0.488. The number of hydrogen-bond donors (Lipinski definition) is 1. The molecular formula is C6H14IN2+.